The summed E-state index contributed by atoms with van der Waals surface area (Å²) in [4.78, 5) is 4.61. The van der Waals surface area contributed by atoms with Gasteiger partial charge in [0.25, 0.3) is 0 Å². The zero-order chi connectivity index (χ0) is 23.1. The zero-order valence-corrected chi connectivity index (χ0v) is 18.3. The Labute approximate surface area is 196 Å². The number of nitrogen functional groups attached to an aromatic ring is 1. The molecule has 164 valence electrons. The minimum absolute atomic E-state index is 0.251. The van der Waals surface area contributed by atoms with Crippen LogP contribution in [0.15, 0.2) is 97.1 Å². The Bertz CT molecular complexity index is 1640. The molecule has 6 aromatic rings. The number of rotatable bonds is 4. The van der Waals surface area contributed by atoms with Gasteiger partial charge in [0.05, 0.1) is 16.7 Å². The summed E-state index contributed by atoms with van der Waals surface area (Å²) in [5, 5.41) is 20.9. The van der Waals surface area contributed by atoms with Gasteiger partial charge in [-0.05, 0) is 42.0 Å². The van der Waals surface area contributed by atoms with E-state index in [0.717, 1.165) is 50.0 Å². The maximum absolute atomic E-state index is 9.57. The molecule has 2 heterocycles. The highest BCUT2D eigenvalue weighted by Crippen LogP contribution is 2.32. The largest absolute Gasteiger partial charge is 0.508 e. The van der Waals surface area contributed by atoms with E-state index in [1.54, 1.807) is 12.1 Å². The van der Waals surface area contributed by atoms with Crippen LogP contribution in [0, 0.1) is 0 Å². The lowest BCUT2D eigenvalue weighted by atomic mass is 10.00. The van der Waals surface area contributed by atoms with E-state index in [0.29, 0.717) is 12.4 Å². The van der Waals surface area contributed by atoms with Crippen LogP contribution in [-0.2, 0) is 6.42 Å². The molecule has 4 aromatic carbocycles. The third-order valence-electron chi connectivity index (χ3n) is 6.04. The summed E-state index contributed by atoms with van der Waals surface area (Å²) in [6.07, 6.45) is 0.630. The summed E-state index contributed by atoms with van der Waals surface area (Å²) in [5.74, 6) is 0.694. The number of fused-ring (bicyclic) bond motifs is 2. The Morgan fingerprint density at radius 1 is 0.765 bits per heavy atom. The number of nitrogens with two attached hydrogens (primary N) is 1. The fraction of sp³-hybridized carbons (Fsp3) is 0.0357. The highest BCUT2D eigenvalue weighted by Gasteiger charge is 2.15. The van der Waals surface area contributed by atoms with Crippen molar-refractivity contribution >= 4 is 27.8 Å². The number of hydrogen-bond acceptors (Lipinski definition) is 5. The van der Waals surface area contributed by atoms with Gasteiger partial charge in [-0.15, -0.1) is 5.10 Å². The van der Waals surface area contributed by atoms with Gasteiger partial charge < -0.3 is 10.8 Å². The molecule has 0 radical (unpaired) electrons. The van der Waals surface area contributed by atoms with Gasteiger partial charge in [-0.2, -0.15) is 5.10 Å². The van der Waals surface area contributed by atoms with Crippen LogP contribution in [0.2, 0.25) is 0 Å². The Hall–Kier alpha value is -4.71. The van der Waals surface area contributed by atoms with Gasteiger partial charge in [0.2, 0.25) is 5.95 Å². The highest BCUT2D eigenvalue weighted by molar-refractivity contribution is 5.97. The Morgan fingerprint density at radius 2 is 1.50 bits per heavy atom. The Kier molecular flexibility index (Phi) is 4.70. The maximum Gasteiger partial charge on any atom is 0.205 e. The van der Waals surface area contributed by atoms with Crippen LogP contribution in [-0.4, -0.2) is 24.9 Å². The number of hydrogen-bond donors (Lipinski definition) is 2. The van der Waals surface area contributed by atoms with Crippen LogP contribution in [0.4, 0.5) is 5.95 Å². The molecule has 0 bridgehead atoms. The SMILES string of the molecule is Nc1nc2cc(-c3nnc(Cc4ccc(O)cc4)c4ccccc34)ccc2n1-c1ccccc1. The summed E-state index contributed by atoms with van der Waals surface area (Å²) in [5.41, 5.74) is 12.7. The van der Waals surface area contributed by atoms with E-state index in [1.807, 2.05) is 77.4 Å². The number of benzene rings is 4. The van der Waals surface area contributed by atoms with Crippen LogP contribution in [0.25, 0.3) is 38.8 Å². The molecule has 0 atom stereocenters. The van der Waals surface area contributed by atoms with Crippen molar-refractivity contribution in [3.63, 3.8) is 0 Å². The predicted molar refractivity (Wildman–Crippen MR) is 135 cm³/mol. The first-order valence-corrected chi connectivity index (χ1v) is 11.0. The Morgan fingerprint density at radius 3 is 2.29 bits per heavy atom. The second kappa shape index (κ2) is 8.01. The summed E-state index contributed by atoms with van der Waals surface area (Å²) in [6, 6.07) is 31.4. The van der Waals surface area contributed by atoms with Crippen LogP contribution in [0.5, 0.6) is 5.75 Å². The quantitative estimate of drug-likeness (QED) is 0.375. The molecule has 6 rings (SSSR count). The predicted octanol–water partition coefficient (Wildman–Crippen LogP) is 5.51. The van der Waals surface area contributed by atoms with Crippen molar-refractivity contribution in [3.8, 4) is 22.7 Å². The van der Waals surface area contributed by atoms with E-state index in [4.69, 9.17) is 5.73 Å². The molecule has 0 saturated carbocycles. The van der Waals surface area contributed by atoms with Crippen molar-refractivity contribution in [1.29, 1.82) is 0 Å². The third kappa shape index (κ3) is 3.42. The van der Waals surface area contributed by atoms with Crippen LogP contribution in [0.1, 0.15) is 11.3 Å². The number of phenols is 1. The molecular formula is C28H21N5O. The average molecular weight is 444 g/mol. The molecule has 0 fully saturated rings. The molecule has 34 heavy (non-hydrogen) atoms. The van der Waals surface area contributed by atoms with Crippen molar-refractivity contribution in [2.75, 3.05) is 5.73 Å². The van der Waals surface area contributed by atoms with E-state index in [1.165, 1.54) is 0 Å². The average Bonchev–Trinajstić information content (AvgIpc) is 3.21. The number of anilines is 1. The van der Waals surface area contributed by atoms with Crippen molar-refractivity contribution < 1.29 is 5.11 Å². The second-order valence-corrected chi connectivity index (χ2v) is 8.23. The summed E-state index contributed by atoms with van der Waals surface area (Å²) < 4.78 is 1.95. The lowest BCUT2D eigenvalue weighted by Crippen LogP contribution is -2.00. The number of aromatic nitrogens is 4. The minimum atomic E-state index is 0.251. The van der Waals surface area contributed by atoms with Gasteiger partial charge >= 0.3 is 0 Å². The first-order chi connectivity index (χ1) is 16.7. The summed E-state index contributed by atoms with van der Waals surface area (Å²) in [6.45, 7) is 0. The highest BCUT2D eigenvalue weighted by atomic mass is 16.3. The smallest absolute Gasteiger partial charge is 0.205 e. The first kappa shape index (κ1) is 19.9. The van der Waals surface area contributed by atoms with Crippen LogP contribution < -0.4 is 5.73 Å². The monoisotopic (exact) mass is 443 g/mol. The van der Waals surface area contributed by atoms with E-state index in [2.05, 4.69) is 27.3 Å². The molecule has 0 aliphatic carbocycles. The van der Waals surface area contributed by atoms with Crippen molar-refractivity contribution in [2.45, 2.75) is 6.42 Å². The molecular weight excluding hydrogens is 422 g/mol. The molecule has 0 unspecified atom stereocenters. The zero-order valence-electron chi connectivity index (χ0n) is 18.3. The molecule has 6 nitrogen and oxygen atoms in total. The van der Waals surface area contributed by atoms with Crippen LogP contribution >= 0.6 is 0 Å². The lowest BCUT2D eigenvalue weighted by Gasteiger charge is -2.10. The second-order valence-electron chi connectivity index (χ2n) is 8.23. The molecule has 0 saturated heterocycles. The number of aromatic hydroxyl groups is 1. The summed E-state index contributed by atoms with van der Waals surface area (Å²) in [7, 11) is 0. The van der Waals surface area contributed by atoms with Gasteiger partial charge in [-0.25, -0.2) is 4.98 Å². The van der Waals surface area contributed by atoms with Crippen LogP contribution in [0.3, 0.4) is 0 Å². The molecule has 0 spiro atoms. The maximum atomic E-state index is 9.57. The van der Waals surface area contributed by atoms with Gasteiger partial charge in [0.1, 0.15) is 11.4 Å². The van der Waals surface area contributed by atoms with Gasteiger partial charge in [-0.3, -0.25) is 4.57 Å². The standard InChI is InChI=1S/C28H21N5O/c29-28-30-25-17-19(12-15-26(25)33(28)20-6-2-1-3-7-20)27-23-9-5-4-8-22(23)24(31-32-27)16-18-10-13-21(34)14-11-18/h1-15,17,34H,16H2,(H2,29,30). The third-order valence-corrected chi connectivity index (χ3v) is 6.04. The molecule has 3 N–H and O–H groups in total. The fourth-order valence-electron chi connectivity index (χ4n) is 4.40. The molecule has 0 amide bonds. The van der Waals surface area contributed by atoms with E-state index >= 15 is 0 Å². The van der Waals surface area contributed by atoms with Gasteiger partial charge in [0, 0.05) is 28.4 Å². The normalized spacial score (nSPS) is 11.3. The number of phenolic OH excluding ortho intramolecular Hbond substituents is 1. The molecule has 0 aliphatic heterocycles. The number of para-hydroxylation sites is 1. The first-order valence-electron chi connectivity index (χ1n) is 11.0. The van der Waals surface area contributed by atoms with Gasteiger partial charge in [-0.1, -0.05) is 60.7 Å². The van der Waals surface area contributed by atoms with E-state index in [9.17, 15) is 5.11 Å². The van der Waals surface area contributed by atoms with E-state index in [-0.39, 0.29) is 5.75 Å². The molecule has 0 aliphatic rings. The van der Waals surface area contributed by atoms with Crippen molar-refractivity contribution in [2.24, 2.45) is 0 Å². The van der Waals surface area contributed by atoms with Crippen molar-refractivity contribution in [1.82, 2.24) is 19.7 Å². The number of imidazole rings is 1. The topological polar surface area (TPSA) is 89.8 Å². The minimum Gasteiger partial charge on any atom is -0.508 e. The molecule has 6 heteroatoms. The number of nitrogens with zero attached hydrogens (tertiary/aromatic N) is 4. The van der Waals surface area contributed by atoms with Crippen molar-refractivity contribution in [3.05, 3.63) is 108 Å². The fourth-order valence-corrected chi connectivity index (χ4v) is 4.40. The Balaban J connectivity index is 1.45. The molecule has 2 aromatic heterocycles. The summed E-state index contributed by atoms with van der Waals surface area (Å²) >= 11 is 0. The van der Waals surface area contributed by atoms with E-state index < -0.39 is 0 Å². The lowest BCUT2D eigenvalue weighted by molar-refractivity contribution is 0.475. The van der Waals surface area contributed by atoms with Gasteiger partial charge in [0.15, 0.2) is 0 Å².